The van der Waals surface area contributed by atoms with Crippen LogP contribution in [0.15, 0.2) is 33.1 Å². The van der Waals surface area contributed by atoms with E-state index in [2.05, 4.69) is 20.3 Å². The van der Waals surface area contributed by atoms with E-state index in [0.717, 1.165) is 16.2 Å². The largest absolute Gasteiger partial charge is 0.549 e. The highest BCUT2D eigenvalue weighted by Crippen LogP contribution is 2.34. The molecular weight excluding hydrogens is 961 g/mol. The number of carbonyl (C=O) groups excluding carboxylic acids is 4. The molecule has 0 aliphatic carbocycles. The summed E-state index contributed by atoms with van der Waals surface area (Å²) in [5.74, 6) is -7.90. The van der Waals surface area contributed by atoms with Crippen LogP contribution in [0.1, 0.15) is 91.8 Å². The van der Waals surface area contributed by atoms with Gasteiger partial charge in [-0.05, 0) is 94.5 Å². The number of nitrogens with one attached hydrogen (secondary N) is 1. The first-order chi connectivity index (χ1) is 33.1. The minimum absolute atomic E-state index is 0.0412. The van der Waals surface area contributed by atoms with Gasteiger partial charge in [0.2, 0.25) is 16.5 Å². The van der Waals surface area contributed by atoms with Crippen LogP contribution in [0, 0.1) is 27.7 Å². The number of carboxylic acids is 6. The Morgan fingerprint density at radius 3 is 1.24 bits per heavy atom. The number of pyridine rings is 2. The average Bonchev–Trinajstić information content (AvgIpc) is 3.71. The molecule has 0 aliphatic heterocycles. The second-order valence-electron chi connectivity index (χ2n) is 16.3. The Kier molecular flexibility index (Phi) is 18.9. The van der Waals surface area contributed by atoms with Crippen molar-refractivity contribution in [3.8, 4) is 22.6 Å². The van der Waals surface area contributed by atoms with Gasteiger partial charge in [-0.1, -0.05) is 12.8 Å². The van der Waals surface area contributed by atoms with Crippen molar-refractivity contribution in [1.29, 1.82) is 0 Å². The van der Waals surface area contributed by atoms with Crippen molar-refractivity contribution in [1.82, 2.24) is 39.6 Å². The number of aliphatic carboxylic acids is 4. The Morgan fingerprint density at radius 2 is 0.900 bits per heavy atom. The second-order valence-corrected chi connectivity index (χ2v) is 17.0. The maximum Gasteiger partial charge on any atom is 0.339 e. The van der Waals surface area contributed by atoms with Crippen LogP contribution in [0.2, 0.25) is 10.6 Å². The van der Waals surface area contributed by atoms with E-state index in [-0.39, 0.29) is 99.4 Å². The molecule has 0 atom stereocenters. The third kappa shape index (κ3) is 15.5. The number of anilines is 1. The summed E-state index contributed by atoms with van der Waals surface area (Å²) in [6.07, 6.45) is 2.71. The van der Waals surface area contributed by atoms with Gasteiger partial charge in [0.15, 0.2) is 0 Å². The van der Waals surface area contributed by atoms with Gasteiger partial charge in [0.05, 0.1) is 46.7 Å². The highest BCUT2D eigenvalue weighted by atomic mass is 35.5. The van der Waals surface area contributed by atoms with Crippen LogP contribution in [-0.2, 0) is 45.4 Å². The molecule has 0 fully saturated rings. The molecule has 0 amide bonds. The summed E-state index contributed by atoms with van der Waals surface area (Å²) >= 11 is 11.8. The van der Waals surface area contributed by atoms with Gasteiger partial charge in [-0.2, -0.15) is 15.0 Å². The molecule has 3 N–H and O–H groups in total. The lowest BCUT2D eigenvalue weighted by atomic mass is 10.0. The predicted molar refractivity (Wildman–Crippen MR) is 238 cm³/mol. The molecule has 70 heavy (non-hydrogen) atoms. The smallest absolute Gasteiger partial charge is 0.339 e. The topological polar surface area (TPSA) is 348 Å². The number of rotatable bonds is 28. The zero-order valence-electron chi connectivity index (χ0n) is 38.3. The number of hydrogen-bond acceptors (Lipinski definition) is 21. The van der Waals surface area contributed by atoms with Crippen LogP contribution >= 0.6 is 23.2 Å². The van der Waals surface area contributed by atoms with Crippen molar-refractivity contribution < 1.29 is 68.2 Å². The van der Waals surface area contributed by atoms with Crippen LogP contribution in [0.4, 0.5) is 5.95 Å². The minimum atomic E-state index is -1.56. The van der Waals surface area contributed by atoms with E-state index < -0.39 is 62.0 Å². The molecule has 0 unspecified atom stereocenters. The van der Waals surface area contributed by atoms with E-state index >= 15 is 0 Å². The monoisotopic (exact) mass is 1010 g/mol. The number of nitrogens with zero attached hydrogens (tertiary/aromatic N) is 8. The van der Waals surface area contributed by atoms with E-state index in [4.69, 9.17) is 42.0 Å². The highest BCUT2D eigenvalue weighted by molar-refractivity contribution is 6.31. The Morgan fingerprint density at radius 1 is 0.543 bits per heavy atom. The standard InChI is InChI=1S/C45H51Cl2N9O14/c1-23-37(41(65)66)25(3)69-39(23)27-11-29(49-31(13-27)17-55(19-33(57)58)20-34(59)60)15-54(10-8-6-5-7-9-48-45-52-43(46)51-44(47)53-45)16-30-12-28(40-24(2)38(42(67)68)26(4)70-40)14-32(50-30)18-56(21-35(61)62)22-36(63)64/h11-14H,5-10,15-22H2,1-4H3,(H,57,58)(H,59,60)(H,61,62)(H,63,64)(H,65,66)(H,67,68)(H,48,51,52,53)/p-4. The quantitative estimate of drug-likeness (QED) is 0.0571. The van der Waals surface area contributed by atoms with E-state index in [1.54, 1.807) is 26.0 Å². The molecule has 5 heterocycles. The maximum absolute atomic E-state index is 12.2. The Hall–Kier alpha value is -7.05. The van der Waals surface area contributed by atoms with E-state index in [1.807, 2.05) is 4.90 Å². The predicted octanol–water partition coefficient (Wildman–Crippen LogP) is 0.397. The zero-order valence-corrected chi connectivity index (χ0v) is 39.8. The number of carbonyl (C=O) groups is 6. The van der Waals surface area contributed by atoms with E-state index in [0.29, 0.717) is 54.9 Å². The first-order valence-electron chi connectivity index (χ1n) is 21.5. The summed E-state index contributed by atoms with van der Waals surface area (Å²) in [5.41, 5.74) is 2.23. The number of carboxylic acid groups (broad SMARTS) is 6. The van der Waals surface area contributed by atoms with Crippen molar-refractivity contribution >= 4 is 65.0 Å². The molecule has 5 rings (SSSR count). The summed E-state index contributed by atoms with van der Waals surface area (Å²) in [4.78, 5) is 96.3. The van der Waals surface area contributed by atoms with Gasteiger partial charge in [-0.15, -0.1) is 0 Å². The fourth-order valence-electron chi connectivity index (χ4n) is 7.99. The molecule has 23 nitrogen and oxygen atoms in total. The van der Waals surface area contributed by atoms with Gasteiger partial charge in [-0.25, -0.2) is 9.59 Å². The van der Waals surface area contributed by atoms with Crippen molar-refractivity contribution in [2.75, 3.05) is 44.6 Å². The van der Waals surface area contributed by atoms with Crippen LogP contribution in [0.3, 0.4) is 0 Å². The highest BCUT2D eigenvalue weighted by Gasteiger charge is 2.25. The number of aromatic nitrogens is 5. The van der Waals surface area contributed by atoms with Crippen LogP contribution in [-0.4, -0.2) is 125 Å². The third-order valence-corrected chi connectivity index (χ3v) is 11.0. The van der Waals surface area contributed by atoms with Gasteiger partial charge in [0, 0.05) is 81.2 Å². The van der Waals surface area contributed by atoms with Crippen molar-refractivity contribution in [2.24, 2.45) is 0 Å². The number of furan rings is 2. The summed E-state index contributed by atoms with van der Waals surface area (Å²) in [5, 5.41) is 69.4. The van der Waals surface area contributed by atoms with Crippen molar-refractivity contribution in [2.45, 2.75) is 79.6 Å². The Bertz CT molecular complexity index is 2560. The first-order valence-corrected chi connectivity index (χ1v) is 22.3. The lowest BCUT2D eigenvalue weighted by Crippen LogP contribution is -2.43. The summed E-state index contributed by atoms with van der Waals surface area (Å²) in [7, 11) is 0. The van der Waals surface area contributed by atoms with Crippen molar-refractivity contribution in [3.05, 3.63) is 91.4 Å². The molecule has 0 saturated heterocycles. The Labute approximate surface area is 409 Å². The fraction of sp³-hybridized carbons (Fsp3) is 0.400. The molecule has 5 aromatic rings. The summed E-state index contributed by atoms with van der Waals surface area (Å²) in [6, 6.07) is 6.35. The summed E-state index contributed by atoms with van der Waals surface area (Å²) < 4.78 is 11.9. The number of hydrogen-bond donors (Lipinski definition) is 3. The molecule has 0 saturated carbocycles. The molecule has 0 spiro atoms. The molecule has 25 heteroatoms. The molecule has 5 aromatic heterocycles. The summed E-state index contributed by atoms with van der Waals surface area (Å²) in [6.45, 7) is 3.25. The second kappa shape index (κ2) is 24.5. The van der Waals surface area contributed by atoms with Gasteiger partial charge in [0.1, 0.15) is 34.2 Å². The molecule has 0 radical (unpaired) electrons. The molecule has 0 aromatic carbocycles. The van der Waals surface area contributed by atoms with Crippen LogP contribution < -0.4 is 25.7 Å². The third-order valence-electron chi connectivity index (χ3n) is 10.7. The fourth-order valence-corrected chi connectivity index (χ4v) is 8.35. The van der Waals surface area contributed by atoms with Crippen molar-refractivity contribution in [3.63, 3.8) is 0 Å². The number of halogens is 2. The van der Waals surface area contributed by atoms with Gasteiger partial charge in [0.25, 0.3) is 0 Å². The van der Waals surface area contributed by atoms with E-state index in [1.165, 1.54) is 26.0 Å². The van der Waals surface area contributed by atoms with Crippen LogP contribution in [0.25, 0.3) is 22.6 Å². The van der Waals surface area contributed by atoms with Gasteiger partial charge >= 0.3 is 11.9 Å². The average molecular weight is 1010 g/mol. The SMILES string of the molecule is Cc1oc(-c2cc(CN(CC(=O)[O-])CC(=O)[O-])nc(CN(CCCCCCNc3nc(Cl)nc(Cl)n3)Cc3cc(-c4oc(C)c(C(=O)O)c4C)cc(CN(CC(=O)[O-])CC(=O)[O-])n3)c2)c(C)c1C(=O)O. The lowest BCUT2D eigenvalue weighted by molar-refractivity contribution is -0.313. The minimum Gasteiger partial charge on any atom is -0.549 e. The lowest BCUT2D eigenvalue weighted by Gasteiger charge is -2.25. The molecule has 374 valence electrons. The van der Waals surface area contributed by atoms with Crippen LogP contribution in [0.5, 0.6) is 0 Å². The zero-order chi connectivity index (χ0) is 51.4. The number of unbranched alkanes of at least 4 members (excludes halogenated alkanes) is 3. The normalized spacial score (nSPS) is 11.4. The molecular formula is C45H47Cl2N9O14-4. The molecule has 0 bridgehead atoms. The maximum atomic E-state index is 12.2. The number of aryl methyl sites for hydroxylation is 2. The van der Waals surface area contributed by atoms with Gasteiger partial charge < -0.3 is 64.0 Å². The first kappa shape index (κ1) is 53.9. The molecule has 0 aliphatic rings. The van der Waals surface area contributed by atoms with Gasteiger partial charge in [-0.3, -0.25) is 24.7 Å². The number of aromatic carboxylic acids is 2. The Balaban J connectivity index is 1.56. The van der Waals surface area contributed by atoms with E-state index in [9.17, 15) is 59.4 Å².